The zero-order chi connectivity index (χ0) is 15.6. The van der Waals surface area contributed by atoms with Gasteiger partial charge in [-0.1, -0.05) is 19.8 Å². The summed E-state index contributed by atoms with van der Waals surface area (Å²) in [6.45, 7) is 6.55. The molecule has 0 spiro atoms. The minimum atomic E-state index is -0.446. The third-order valence-corrected chi connectivity index (χ3v) is 4.78. The van der Waals surface area contributed by atoms with Crippen molar-refractivity contribution in [3.63, 3.8) is 0 Å². The second-order valence-electron chi connectivity index (χ2n) is 6.30. The number of hydrogen-bond acceptors (Lipinski definition) is 4. The maximum Gasteiger partial charge on any atom is 0.252 e. The van der Waals surface area contributed by atoms with E-state index in [9.17, 15) is 4.79 Å². The Hall–Kier alpha value is -1.62. The van der Waals surface area contributed by atoms with Crippen molar-refractivity contribution in [2.24, 2.45) is 17.4 Å². The quantitative estimate of drug-likeness (QED) is 0.791. The van der Waals surface area contributed by atoms with Crippen LogP contribution in [0.4, 0.5) is 5.82 Å². The van der Waals surface area contributed by atoms with Crippen LogP contribution in [-0.4, -0.2) is 23.0 Å². The summed E-state index contributed by atoms with van der Waals surface area (Å²) in [4.78, 5) is 16.3. The molecule has 0 aliphatic heterocycles. The van der Waals surface area contributed by atoms with Crippen molar-refractivity contribution in [2.45, 2.75) is 52.0 Å². The number of aromatic nitrogens is 1. The molecule has 1 saturated carbocycles. The Kier molecular flexibility index (Phi) is 4.52. The van der Waals surface area contributed by atoms with Gasteiger partial charge in [0.2, 0.25) is 0 Å². The van der Waals surface area contributed by atoms with Gasteiger partial charge in [-0.15, -0.1) is 0 Å². The number of hydrogen-bond donors (Lipinski definition) is 3. The van der Waals surface area contributed by atoms with E-state index in [-0.39, 0.29) is 5.54 Å². The monoisotopic (exact) mass is 290 g/mol. The van der Waals surface area contributed by atoms with Crippen LogP contribution in [-0.2, 0) is 0 Å². The highest BCUT2D eigenvalue weighted by Gasteiger charge is 2.38. The van der Waals surface area contributed by atoms with Crippen molar-refractivity contribution in [3.8, 4) is 0 Å². The van der Waals surface area contributed by atoms with Crippen molar-refractivity contribution in [1.82, 2.24) is 4.98 Å². The lowest BCUT2D eigenvalue weighted by atomic mass is 9.73. The molecule has 2 unspecified atom stereocenters. The number of nitrogens with zero attached hydrogens (tertiary/aromatic N) is 1. The normalized spacial score (nSPS) is 25.6. The lowest BCUT2D eigenvalue weighted by Gasteiger charge is -2.43. The van der Waals surface area contributed by atoms with E-state index in [1.807, 2.05) is 19.9 Å². The number of carbonyl (C=O) groups is 1. The predicted octanol–water partition coefficient (Wildman–Crippen LogP) is 2.12. The van der Waals surface area contributed by atoms with E-state index >= 15 is 0 Å². The molecule has 1 aromatic rings. The molecule has 21 heavy (non-hydrogen) atoms. The lowest BCUT2D eigenvalue weighted by molar-refractivity contribution is 0.1000. The highest BCUT2D eigenvalue weighted by Crippen LogP contribution is 2.36. The molecule has 1 fully saturated rings. The van der Waals surface area contributed by atoms with E-state index in [1.54, 1.807) is 0 Å². The van der Waals surface area contributed by atoms with Gasteiger partial charge in [-0.2, -0.15) is 0 Å². The molecule has 2 atom stereocenters. The first-order chi connectivity index (χ1) is 9.89. The van der Waals surface area contributed by atoms with Crippen LogP contribution in [0.15, 0.2) is 6.07 Å². The average molecular weight is 290 g/mol. The van der Waals surface area contributed by atoms with Gasteiger partial charge in [0.25, 0.3) is 5.91 Å². The first-order valence-electron chi connectivity index (χ1n) is 7.66. The SMILES string of the molecule is Cc1cc(C)c(C(N)=O)c(NC2(CN)CCCCC2C)n1. The van der Waals surface area contributed by atoms with Crippen molar-refractivity contribution < 1.29 is 4.79 Å². The van der Waals surface area contributed by atoms with Crippen molar-refractivity contribution >= 4 is 11.7 Å². The molecule has 1 aliphatic carbocycles. The fourth-order valence-corrected chi connectivity index (χ4v) is 3.43. The fraction of sp³-hybridized carbons (Fsp3) is 0.625. The van der Waals surface area contributed by atoms with Crippen molar-refractivity contribution in [2.75, 3.05) is 11.9 Å². The van der Waals surface area contributed by atoms with Gasteiger partial charge in [-0.25, -0.2) is 4.98 Å². The molecule has 1 heterocycles. The average Bonchev–Trinajstić information content (AvgIpc) is 2.40. The first kappa shape index (κ1) is 15.8. The summed E-state index contributed by atoms with van der Waals surface area (Å²) >= 11 is 0. The molecule has 116 valence electrons. The predicted molar refractivity (Wildman–Crippen MR) is 85.3 cm³/mol. The maximum absolute atomic E-state index is 11.8. The van der Waals surface area contributed by atoms with Crippen LogP contribution in [0.2, 0.25) is 0 Å². The number of anilines is 1. The Morgan fingerprint density at radius 2 is 2.19 bits per heavy atom. The number of amides is 1. The molecular weight excluding hydrogens is 264 g/mol. The number of carbonyl (C=O) groups excluding carboxylic acids is 1. The van der Waals surface area contributed by atoms with E-state index in [0.717, 1.165) is 30.5 Å². The second-order valence-corrected chi connectivity index (χ2v) is 6.30. The summed E-state index contributed by atoms with van der Waals surface area (Å²) in [6, 6.07) is 1.88. The zero-order valence-corrected chi connectivity index (χ0v) is 13.2. The Labute approximate surface area is 126 Å². The maximum atomic E-state index is 11.8. The Morgan fingerprint density at radius 1 is 1.48 bits per heavy atom. The molecule has 0 aromatic carbocycles. The zero-order valence-electron chi connectivity index (χ0n) is 13.2. The molecule has 2 rings (SSSR count). The van der Waals surface area contributed by atoms with Gasteiger partial charge in [0.15, 0.2) is 0 Å². The van der Waals surface area contributed by atoms with Crippen molar-refractivity contribution in [1.29, 1.82) is 0 Å². The molecule has 5 N–H and O–H groups in total. The number of nitrogens with one attached hydrogen (secondary N) is 1. The third kappa shape index (κ3) is 3.02. The standard InChI is InChI=1S/C16H26N4O/c1-10-8-12(3)19-15(13(10)14(18)21)20-16(9-17)7-5-4-6-11(16)2/h8,11H,4-7,9,17H2,1-3H3,(H2,18,21)(H,19,20). The summed E-state index contributed by atoms with van der Waals surface area (Å²) in [5.41, 5.74) is 13.6. The van der Waals surface area contributed by atoms with Crippen LogP contribution in [0.3, 0.4) is 0 Å². The molecule has 0 radical (unpaired) electrons. The van der Waals surface area contributed by atoms with Crippen LogP contribution in [0.5, 0.6) is 0 Å². The first-order valence-corrected chi connectivity index (χ1v) is 7.66. The van der Waals surface area contributed by atoms with Gasteiger partial charge >= 0.3 is 0 Å². The van der Waals surface area contributed by atoms with E-state index in [0.29, 0.717) is 23.8 Å². The third-order valence-electron chi connectivity index (χ3n) is 4.78. The summed E-state index contributed by atoms with van der Waals surface area (Å²) < 4.78 is 0. The van der Waals surface area contributed by atoms with Crippen LogP contribution in [0.1, 0.15) is 54.2 Å². The second kappa shape index (κ2) is 6.02. The molecular formula is C16H26N4O. The minimum absolute atomic E-state index is 0.199. The van der Waals surface area contributed by atoms with E-state index in [1.165, 1.54) is 6.42 Å². The van der Waals surface area contributed by atoms with Gasteiger partial charge in [0.1, 0.15) is 5.82 Å². The van der Waals surface area contributed by atoms with Crippen LogP contribution in [0, 0.1) is 19.8 Å². The van der Waals surface area contributed by atoms with Crippen molar-refractivity contribution in [3.05, 3.63) is 22.9 Å². The molecule has 5 heteroatoms. The minimum Gasteiger partial charge on any atom is -0.365 e. The Balaban J connectivity index is 2.44. The van der Waals surface area contributed by atoms with E-state index in [4.69, 9.17) is 11.5 Å². The van der Waals surface area contributed by atoms with Crippen LogP contribution >= 0.6 is 0 Å². The summed E-state index contributed by atoms with van der Waals surface area (Å²) in [5, 5.41) is 3.49. The molecule has 0 saturated heterocycles. The molecule has 1 amide bonds. The van der Waals surface area contributed by atoms with Crippen LogP contribution < -0.4 is 16.8 Å². The van der Waals surface area contributed by atoms with Gasteiger partial charge in [-0.05, 0) is 44.2 Å². The van der Waals surface area contributed by atoms with Crippen LogP contribution in [0.25, 0.3) is 0 Å². The van der Waals surface area contributed by atoms with Gasteiger partial charge < -0.3 is 16.8 Å². The Morgan fingerprint density at radius 3 is 2.76 bits per heavy atom. The topological polar surface area (TPSA) is 94.0 Å². The molecule has 1 aliphatic rings. The van der Waals surface area contributed by atoms with E-state index in [2.05, 4.69) is 17.2 Å². The molecule has 0 bridgehead atoms. The Bertz CT molecular complexity index is 543. The lowest BCUT2D eigenvalue weighted by Crippen LogP contribution is -2.53. The molecule has 1 aromatic heterocycles. The number of rotatable bonds is 4. The highest BCUT2D eigenvalue weighted by atomic mass is 16.1. The number of primary amides is 1. The summed E-state index contributed by atoms with van der Waals surface area (Å²) in [5.74, 6) is 0.580. The smallest absolute Gasteiger partial charge is 0.252 e. The fourth-order valence-electron chi connectivity index (χ4n) is 3.43. The highest BCUT2D eigenvalue weighted by molar-refractivity contribution is 5.99. The number of pyridine rings is 1. The summed E-state index contributed by atoms with van der Waals surface area (Å²) in [6.07, 6.45) is 4.51. The number of aryl methyl sites for hydroxylation is 2. The van der Waals surface area contributed by atoms with Gasteiger partial charge in [0.05, 0.1) is 11.1 Å². The van der Waals surface area contributed by atoms with Gasteiger partial charge in [0, 0.05) is 12.2 Å². The number of nitrogens with two attached hydrogens (primary N) is 2. The largest absolute Gasteiger partial charge is 0.365 e. The van der Waals surface area contributed by atoms with E-state index < -0.39 is 5.91 Å². The van der Waals surface area contributed by atoms with Gasteiger partial charge in [-0.3, -0.25) is 4.79 Å². The molecule has 5 nitrogen and oxygen atoms in total. The summed E-state index contributed by atoms with van der Waals surface area (Å²) in [7, 11) is 0.